The Morgan fingerprint density at radius 2 is 1.91 bits per heavy atom. The number of hydrogen-bond donors (Lipinski definition) is 0. The summed E-state index contributed by atoms with van der Waals surface area (Å²) < 4.78 is 49.3. The molecule has 9 heteroatoms. The minimum absolute atomic E-state index is 0.0855. The molecule has 32 heavy (non-hydrogen) atoms. The molecule has 0 fully saturated rings. The zero-order valence-corrected chi connectivity index (χ0v) is 17.4. The highest BCUT2D eigenvalue weighted by Gasteiger charge is 2.19. The predicted molar refractivity (Wildman–Crippen MR) is 114 cm³/mol. The van der Waals surface area contributed by atoms with E-state index in [1.807, 2.05) is 0 Å². The van der Waals surface area contributed by atoms with E-state index < -0.39 is 28.6 Å². The smallest absolute Gasteiger partial charge is 0.236 e. The van der Waals surface area contributed by atoms with Gasteiger partial charge < -0.3 is 4.74 Å². The molecule has 4 aromatic rings. The summed E-state index contributed by atoms with van der Waals surface area (Å²) in [6.07, 6.45) is 2.51. The van der Waals surface area contributed by atoms with Crippen molar-refractivity contribution in [3.05, 3.63) is 87.0 Å². The minimum Gasteiger partial charge on any atom is -0.481 e. The van der Waals surface area contributed by atoms with Crippen LogP contribution in [0.2, 0.25) is 0 Å². The summed E-state index contributed by atoms with van der Waals surface area (Å²) in [6.45, 7) is 3.47. The number of ether oxygens (including phenoxy) is 1. The van der Waals surface area contributed by atoms with E-state index in [2.05, 4.69) is 15.1 Å². The normalized spacial score (nSPS) is 11.8. The van der Waals surface area contributed by atoms with E-state index in [1.54, 1.807) is 19.9 Å². The van der Waals surface area contributed by atoms with E-state index >= 15 is 4.39 Å². The summed E-state index contributed by atoms with van der Waals surface area (Å²) in [4.78, 5) is 21.3. The van der Waals surface area contributed by atoms with Crippen molar-refractivity contribution in [2.45, 2.75) is 13.8 Å². The van der Waals surface area contributed by atoms with Crippen molar-refractivity contribution in [3.63, 3.8) is 0 Å². The maximum Gasteiger partial charge on any atom is 0.236 e. The van der Waals surface area contributed by atoms with E-state index in [-0.39, 0.29) is 22.6 Å². The van der Waals surface area contributed by atoms with Crippen LogP contribution in [0.25, 0.3) is 28.6 Å². The fourth-order valence-electron chi connectivity index (χ4n) is 3.16. The second-order valence-corrected chi connectivity index (χ2v) is 7.07. The van der Waals surface area contributed by atoms with Crippen LogP contribution < -0.4 is 10.2 Å². The Labute approximate surface area is 180 Å². The molecule has 0 atom stereocenters. The molecule has 3 heterocycles. The Morgan fingerprint density at radius 3 is 2.62 bits per heavy atom. The minimum atomic E-state index is -0.957. The van der Waals surface area contributed by atoms with Crippen molar-refractivity contribution in [2.75, 3.05) is 7.11 Å². The Morgan fingerprint density at radius 1 is 1.12 bits per heavy atom. The molecule has 1 aromatic carbocycles. The molecule has 0 aliphatic carbocycles. The van der Waals surface area contributed by atoms with Crippen molar-refractivity contribution in [1.82, 2.24) is 19.7 Å². The number of nitrogens with zero attached hydrogens (tertiary/aromatic N) is 4. The summed E-state index contributed by atoms with van der Waals surface area (Å²) >= 11 is 0. The van der Waals surface area contributed by atoms with Gasteiger partial charge in [-0.1, -0.05) is 0 Å². The number of pyridine rings is 2. The summed E-state index contributed by atoms with van der Waals surface area (Å²) in [7, 11) is 1.42. The Kier molecular flexibility index (Phi) is 5.48. The van der Waals surface area contributed by atoms with E-state index in [9.17, 15) is 13.6 Å². The highest BCUT2D eigenvalue weighted by Crippen LogP contribution is 2.24. The lowest BCUT2D eigenvalue weighted by Crippen LogP contribution is -2.19. The molecule has 0 radical (unpaired) electrons. The number of aryl methyl sites for hydroxylation is 2. The lowest BCUT2D eigenvalue weighted by atomic mass is 10.1. The van der Waals surface area contributed by atoms with Crippen molar-refractivity contribution < 1.29 is 17.9 Å². The second-order valence-electron chi connectivity index (χ2n) is 7.07. The quantitative estimate of drug-likeness (QED) is 0.468. The number of methoxy groups -OCH3 is 1. The molecular weight excluding hydrogens is 421 g/mol. The summed E-state index contributed by atoms with van der Waals surface area (Å²) in [6, 6.07) is 7.50. The number of fused-ring (bicyclic) bond motifs is 1. The van der Waals surface area contributed by atoms with Crippen LogP contribution in [0.5, 0.6) is 5.88 Å². The van der Waals surface area contributed by atoms with Crippen molar-refractivity contribution in [1.29, 1.82) is 0 Å². The van der Waals surface area contributed by atoms with Crippen molar-refractivity contribution in [2.24, 2.45) is 0 Å². The Hall–Kier alpha value is -4.01. The zero-order valence-electron chi connectivity index (χ0n) is 17.4. The van der Waals surface area contributed by atoms with Gasteiger partial charge in [-0.25, -0.2) is 27.8 Å². The van der Waals surface area contributed by atoms with Crippen LogP contribution in [0.4, 0.5) is 13.2 Å². The molecule has 0 aliphatic rings. The van der Waals surface area contributed by atoms with Gasteiger partial charge in [-0.2, -0.15) is 5.10 Å². The van der Waals surface area contributed by atoms with E-state index in [1.165, 1.54) is 25.4 Å². The first-order valence-electron chi connectivity index (χ1n) is 9.53. The van der Waals surface area contributed by atoms with Crippen LogP contribution in [0.3, 0.4) is 0 Å². The highest BCUT2D eigenvalue weighted by atomic mass is 19.1. The number of halogens is 3. The molecule has 0 amide bonds. The van der Waals surface area contributed by atoms with Gasteiger partial charge in [0.05, 0.1) is 12.6 Å². The molecule has 0 aliphatic heterocycles. The van der Waals surface area contributed by atoms with Gasteiger partial charge in [-0.05, 0) is 55.3 Å². The zero-order chi connectivity index (χ0) is 23.0. The first kappa shape index (κ1) is 21.2. The van der Waals surface area contributed by atoms with Gasteiger partial charge in [-0.3, -0.25) is 4.79 Å². The third-order valence-corrected chi connectivity index (χ3v) is 4.93. The van der Waals surface area contributed by atoms with Gasteiger partial charge in [0, 0.05) is 24.0 Å². The van der Waals surface area contributed by atoms with Crippen LogP contribution in [0.1, 0.15) is 22.5 Å². The average Bonchev–Trinajstić information content (AvgIpc) is 2.76. The lowest BCUT2D eigenvalue weighted by molar-refractivity contribution is 0.398. The SMILES string of the molecule is COc1cc(/C=C(\F)c2nn(-c3ccc(F)cc3F)c3cc(C)c(C)nc3c2=O)ccn1. The van der Waals surface area contributed by atoms with Crippen molar-refractivity contribution in [3.8, 4) is 11.6 Å². The van der Waals surface area contributed by atoms with Gasteiger partial charge in [0.25, 0.3) is 0 Å². The molecule has 162 valence electrons. The Balaban J connectivity index is 2.01. The van der Waals surface area contributed by atoms with Crippen LogP contribution in [0.15, 0.2) is 47.4 Å². The molecule has 3 aromatic heterocycles. The molecular formula is C23H17F3N4O2. The Bertz CT molecular complexity index is 1450. The molecule has 0 bridgehead atoms. The third kappa shape index (κ3) is 3.84. The van der Waals surface area contributed by atoms with Crippen LogP contribution in [0, 0.1) is 25.5 Å². The number of rotatable bonds is 4. The van der Waals surface area contributed by atoms with E-state index in [0.717, 1.165) is 28.5 Å². The maximum atomic E-state index is 15.2. The summed E-state index contributed by atoms with van der Waals surface area (Å²) in [5.41, 5.74) is 0.279. The highest BCUT2D eigenvalue weighted by molar-refractivity contribution is 5.83. The maximum absolute atomic E-state index is 15.2. The number of benzene rings is 1. The standard InChI is InChI=1S/C23H17F3N4O2/c1-12-8-19-22(28-13(12)2)23(31)21(17(26)9-14-6-7-27-20(10-14)32-3)29-30(19)18-5-4-15(24)11-16(18)25/h4-11H,1-3H3/b17-9-. The first-order chi connectivity index (χ1) is 15.3. The lowest BCUT2D eigenvalue weighted by Gasteiger charge is -2.13. The van der Waals surface area contributed by atoms with E-state index in [0.29, 0.717) is 17.3 Å². The molecule has 0 unspecified atom stereocenters. The van der Waals surface area contributed by atoms with Gasteiger partial charge >= 0.3 is 0 Å². The topological polar surface area (TPSA) is 69.9 Å². The predicted octanol–water partition coefficient (Wildman–Crippen LogP) is 4.55. The number of aromatic nitrogens is 4. The van der Waals surface area contributed by atoms with Gasteiger partial charge in [0.15, 0.2) is 17.3 Å². The third-order valence-electron chi connectivity index (χ3n) is 4.93. The number of hydrogen-bond acceptors (Lipinski definition) is 5. The molecule has 0 saturated heterocycles. The molecule has 0 spiro atoms. The molecule has 4 rings (SSSR count). The van der Waals surface area contributed by atoms with Crippen LogP contribution in [-0.4, -0.2) is 26.9 Å². The second kappa shape index (κ2) is 8.26. The van der Waals surface area contributed by atoms with Gasteiger partial charge in [0.2, 0.25) is 11.3 Å². The largest absolute Gasteiger partial charge is 0.481 e. The van der Waals surface area contributed by atoms with Crippen LogP contribution >= 0.6 is 0 Å². The molecule has 6 nitrogen and oxygen atoms in total. The van der Waals surface area contributed by atoms with Crippen LogP contribution in [-0.2, 0) is 0 Å². The van der Waals surface area contributed by atoms with Gasteiger partial charge in [-0.15, -0.1) is 0 Å². The summed E-state index contributed by atoms with van der Waals surface area (Å²) in [5.74, 6) is -2.40. The molecule has 0 N–H and O–H groups in total. The fraction of sp³-hybridized carbons (Fsp3) is 0.130. The van der Waals surface area contributed by atoms with Crippen molar-refractivity contribution >= 4 is 22.9 Å². The fourth-order valence-corrected chi connectivity index (χ4v) is 3.16. The van der Waals surface area contributed by atoms with Gasteiger partial charge in [0.1, 0.15) is 17.0 Å². The molecule has 0 saturated carbocycles. The van der Waals surface area contributed by atoms with E-state index in [4.69, 9.17) is 4.74 Å². The average molecular weight is 438 g/mol. The monoisotopic (exact) mass is 438 g/mol. The summed E-state index contributed by atoms with van der Waals surface area (Å²) in [5, 5.41) is 4.08. The first-order valence-corrected chi connectivity index (χ1v) is 9.53.